The fourth-order valence-electron chi connectivity index (χ4n) is 2.85. The quantitative estimate of drug-likeness (QED) is 0.532. The van der Waals surface area contributed by atoms with Crippen molar-refractivity contribution in [3.05, 3.63) is 0 Å². The van der Waals surface area contributed by atoms with Crippen LogP contribution in [0.5, 0.6) is 0 Å². The van der Waals surface area contributed by atoms with E-state index in [1.54, 1.807) is 13.8 Å². The average molecular weight is 374 g/mol. The molecule has 1 rings (SSSR count). The first-order valence-corrected chi connectivity index (χ1v) is 8.78. The van der Waals surface area contributed by atoms with E-state index in [9.17, 15) is 23.6 Å². The van der Waals surface area contributed by atoms with Crippen molar-refractivity contribution in [2.45, 2.75) is 58.0 Å². The standard InChI is InChI=1S/C17H27FN2O6/c1-10(2)15(20-17(25)26-9-11-5-3-4-6-11)16(24)19-12(7-14(22)23)13(21)8-18/h10-12,15H,3-9H2,1-2H3,(H,19,24)(H,20,25)(H,22,23)/t12?,15-/m0/s1. The number of Topliss-reactive ketones (excluding diaryl/α,β-unsaturated/α-hetero) is 1. The zero-order chi connectivity index (χ0) is 19.7. The maximum absolute atomic E-state index is 12.6. The summed E-state index contributed by atoms with van der Waals surface area (Å²) < 4.78 is 17.7. The number of carboxylic acids is 1. The molecule has 0 bridgehead atoms. The lowest BCUT2D eigenvalue weighted by Crippen LogP contribution is -2.54. The minimum Gasteiger partial charge on any atom is -0.481 e. The number of amides is 2. The summed E-state index contributed by atoms with van der Waals surface area (Å²) in [6.45, 7) is 2.23. The number of rotatable bonds is 10. The maximum Gasteiger partial charge on any atom is 0.407 e. The third kappa shape index (κ3) is 7.37. The summed E-state index contributed by atoms with van der Waals surface area (Å²) in [6.07, 6.45) is 2.75. The molecule has 0 aliphatic heterocycles. The van der Waals surface area contributed by atoms with Crippen molar-refractivity contribution in [2.75, 3.05) is 13.3 Å². The van der Waals surface area contributed by atoms with Crippen LogP contribution < -0.4 is 10.6 Å². The number of aliphatic carboxylic acids is 1. The Balaban J connectivity index is 2.61. The molecule has 2 atom stereocenters. The summed E-state index contributed by atoms with van der Waals surface area (Å²) in [5.74, 6) is -3.16. The van der Waals surface area contributed by atoms with Crippen molar-refractivity contribution < 1.29 is 33.4 Å². The Morgan fingerprint density at radius 3 is 2.27 bits per heavy atom. The van der Waals surface area contributed by atoms with Crippen molar-refractivity contribution in [3.63, 3.8) is 0 Å². The minimum atomic E-state index is -1.48. The van der Waals surface area contributed by atoms with Gasteiger partial charge in [0, 0.05) is 0 Å². The Bertz CT molecular complexity index is 519. The van der Waals surface area contributed by atoms with E-state index < -0.39 is 48.9 Å². The highest BCUT2D eigenvalue weighted by Crippen LogP contribution is 2.24. The fourth-order valence-corrected chi connectivity index (χ4v) is 2.85. The van der Waals surface area contributed by atoms with Gasteiger partial charge in [-0.3, -0.25) is 14.4 Å². The van der Waals surface area contributed by atoms with E-state index in [-0.39, 0.29) is 12.5 Å². The van der Waals surface area contributed by atoms with Gasteiger partial charge in [0.15, 0.2) is 5.78 Å². The molecule has 0 heterocycles. The number of ketones is 1. The first kappa shape index (κ1) is 21.9. The van der Waals surface area contributed by atoms with Gasteiger partial charge in [-0.15, -0.1) is 0 Å². The van der Waals surface area contributed by atoms with Crippen molar-refractivity contribution in [2.24, 2.45) is 11.8 Å². The average Bonchev–Trinajstić information content (AvgIpc) is 3.09. The molecule has 26 heavy (non-hydrogen) atoms. The predicted octanol–water partition coefficient (Wildman–Crippen LogP) is 1.43. The topological polar surface area (TPSA) is 122 Å². The smallest absolute Gasteiger partial charge is 0.407 e. The van der Waals surface area contributed by atoms with Crippen molar-refractivity contribution >= 4 is 23.8 Å². The van der Waals surface area contributed by atoms with Crippen LogP contribution in [0.1, 0.15) is 46.0 Å². The van der Waals surface area contributed by atoms with Gasteiger partial charge < -0.3 is 20.5 Å². The van der Waals surface area contributed by atoms with Crippen LogP contribution in [-0.2, 0) is 19.1 Å². The summed E-state index contributed by atoms with van der Waals surface area (Å²) in [7, 11) is 0. The van der Waals surface area contributed by atoms with E-state index in [4.69, 9.17) is 9.84 Å². The van der Waals surface area contributed by atoms with Crippen LogP contribution in [0.4, 0.5) is 9.18 Å². The molecule has 0 radical (unpaired) electrons. The molecule has 0 spiro atoms. The molecule has 1 fully saturated rings. The summed E-state index contributed by atoms with van der Waals surface area (Å²) in [5.41, 5.74) is 0. The number of carbonyl (C=O) groups is 4. The van der Waals surface area contributed by atoms with Gasteiger partial charge in [-0.05, 0) is 24.7 Å². The van der Waals surface area contributed by atoms with Crippen LogP contribution in [0.15, 0.2) is 0 Å². The number of halogens is 1. The third-order valence-electron chi connectivity index (χ3n) is 4.36. The van der Waals surface area contributed by atoms with Gasteiger partial charge in [0.25, 0.3) is 0 Å². The predicted molar refractivity (Wildman–Crippen MR) is 90.2 cm³/mol. The Hall–Kier alpha value is -2.19. The SMILES string of the molecule is CC(C)[C@H](NC(=O)OCC1CCCC1)C(=O)NC(CC(=O)O)C(=O)CF. The highest BCUT2D eigenvalue weighted by Gasteiger charge is 2.30. The van der Waals surface area contributed by atoms with Gasteiger partial charge in [0.05, 0.1) is 13.0 Å². The van der Waals surface area contributed by atoms with Crippen molar-refractivity contribution in [3.8, 4) is 0 Å². The summed E-state index contributed by atoms with van der Waals surface area (Å²) in [4.78, 5) is 46.6. The molecule has 148 valence electrons. The Labute approximate surface area is 151 Å². The number of hydrogen-bond acceptors (Lipinski definition) is 5. The molecule has 3 N–H and O–H groups in total. The summed E-state index contributed by atoms with van der Waals surface area (Å²) >= 11 is 0. The third-order valence-corrected chi connectivity index (χ3v) is 4.36. The summed E-state index contributed by atoms with van der Waals surface area (Å²) in [5, 5.41) is 13.4. The molecule has 1 saturated carbocycles. The van der Waals surface area contributed by atoms with E-state index in [0.29, 0.717) is 5.92 Å². The Morgan fingerprint density at radius 2 is 1.77 bits per heavy atom. The van der Waals surface area contributed by atoms with Gasteiger partial charge in [-0.2, -0.15) is 0 Å². The van der Waals surface area contributed by atoms with E-state index >= 15 is 0 Å². The molecule has 0 aromatic heterocycles. The fraction of sp³-hybridized carbons (Fsp3) is 0.765. The van der Waals surface area contributed by atoms with Gasteiger partial charge in [-0.1, -0.05) is 26.7 Å². The van der Waals surface area contributed by atoms with E-state index in [2.05, 4.69) is 10.6 Å². The van der Waals surface area contributed by atoms with Crippen LogP contribution in [0.2, 0.25) is 0 Å². The molecular formula is C17H27FN2O6. The zero-order valence-corrected chi connectivity index (χ0v) is 15.1. The number of hydrogen-bond donors (Lipinski definition) is 3. The largest absolute Gasteiger partial charge is 0.481 e. The second-order valence-corrected chi connectivity index (χ2v) is 6.87. The second kappa shape index (κ2) is 10.7. The van der Waals surface area contributed by atoms with E-state index in [0.717, 1.165) is 25.7 Å². The first-order chi connectivity index (χ1) is 12.2. The number of nitrogens with one attached hydrogen (secondary N) is 2. The summed E-state index contributed by atoms with van der Waals surface area (Å²) in [6, 6.07) is -2.52. The van der Waals surface area contributed by atoms with Crippen molar-refractivity contribution in [1.82, 2.24) is 10.6 Å². The molecule has 1 aliphatic carbocycles. The van der Waals surface area contributed by atoms with Crippen LogP contribution in [0, 0.1) is 11.8 Å². The van der Waals surface area contributed by atoms with E-state index in [1.807, 2.05) is 0 Å². The number of ether oxygens (including phenoxy) is 1. The van der Waals surface area contributed by atoms with Gasteiger partial charge in [0.1, 0.15) is 18.8 Å². The Morgan fingerprint density at radius 1 is 1.15 bits per heavy atom. The lowest BCUT2D eigenvalue weighted by molar-refractivity contribution is -0.140. The van der Waals surface area contributed by atoms with Crippen LogP contribution in [0.25, 0.3) is 0 Å². The van der Waals surface area contributed by atoms with E-state index in [1.165, 1.54) is 0 Å². The highest BCUT2D eigenvalue weighted by atomic mass is 19.1. The molecule has 0 saturated heterocycles. The lowest BCUT2D eigenvalue weighted by atomic mass is 10.0. The number of alkyl halides is 1. The lowest BCUT2D eigenvalue weighted by Gasteiger charge is -2.24. The molecule has 2 amide bonds. The van der Waals surface area contributed by atoms with Crippen LogP contribution in [0.3, 0.4) is 0 Å². The van der Waals surface area contributed by atoms with Gasteiger partial charge >= 0.3 is 12.1 Å². The number of alkyl carbamates (subject to hydrolysis) is 1. The number of carboxylic acid groups (broad SMARTS) is 1. The molecule has 9 heteroatoms. The molecular weight excluding hydrogens is 347 g/mol. The molecule has 1 aliphatic rings. The Kier molecular flexibility index (Phi) is 9.01. The molecule has 1 unspecified atom stereocenters. The molecule has 0 aromatic rings. The zero-order valence-electron chi connectivity index (χ0n) is 15.1. The normalized spacial score (nSPS) is 16.8. The monoisotopic (exact) mass is 374 g/mol. The van der Waals surface area contributed by atoms with Gasteiger partial charge in [0.2, 0.25) is 5.91 Å². The number of carbonyl (C=O) groups excluding carboxylic acids is 3. The highest BCUT2D eigenvalue weighted by molar-refractivity contribution is 5.94. The van der Waals surface area contributed by atoms with Crippen LogP contribution in [-0.4, -0.2) is 54.2 Å². The van der Waals surface area contributed by atoms with Crippen molar-refractivity contribution in [1.29, 1.82) is 0 Å². The second-order valence-electron chi connectivity index (χ2n) is 6.87. The maximum atomic E-state index is 12.6. The first-order valence-electron chi connectivity index (χ1n) is 8.78. The molecule has 0 aromatic carbocycles. The van der Waals surface area contributed by atoms with Gasteiger partial charge in [-0.25, -0.2) is 9.18 Å². The van der Waals surface area contributed by atoms with Crippen LogP contribution >= 0.6 is 0 Å². The molecule has 8 nitrogen and oxygen atoms in total. The minimum absolute atomic E-state index is 0.278.